The van der Waals surface area contributed by atoms with E-state index in [0.29, 0.717) is 17.8 Å². The zero-order chi connectivity index (χ0) is 13.8. The van der Waals surface area contributed by atoms with Gasteiger partial charge in [0, 0.05) is 11.8 Å². The minimum atomic E-state index is -0.304. The summed E-state index contributed by atoms with van der Waals surface area (Å²) in [4.78, 5) is 3.93. The third-order valence-corrected chi connectivity index (χ3v) is 3.01. The molecule has 4 nitrogen and oxygen atoms in total. The van der Waals surface area contributed by atoms with E-state index in [-0.39, 0.29) is 11.9 Å². The first kappa shape index (κ1) is 13.5. The number of nitrogen functional groups attached to an aromatic ring is 1. The van der Waals surface area contributed by atoms with Crippen LogP contribution in [-0.4, -0.2) is 4.98 Å². The Morgan fingerprint density at radius 1 is 1.32 bits per heavy atom. The number of halogens is 1. The van der Waals surface area contributed by atoms with Crippen LogP contribution in [-0.2, 0) is 6.42 Å². The molecule has 0 aliphatic carbocycles. The summed E-state index contributed by atoms with van der Waals surface area (Å²) in [5.41, 5.74) is 10.8. The monoisotopic (exact) mass is 260 g/mol. The van der Waals surface area contributed by atoms with Gasteiger partial charge in [0.25, 0.3) is 0 Å². The molecule has 0 aliphatic heterocycles. The number of hydrogen-bond acceptors (Lipinski definition) is 4. The molecule has 1 aromatic carbocycles. The number of benzene rings is 1. The summed E-state index contributed by atoms with van der Waals surface area (Å²) in [7, 11) is 0. The number of nitrogens with one attached hydrogen (secondary N) is 1. The standard InChI is InChI=1S/C14H17FN4/c1-9-2-3-12(15)11(6-9)13(19-17)7-10-4-5-18-14(16)8-10/h2-6,8,13,19H,7,17H2,1H3,(H2,16,18). The fourth-order valence-corrected chi connectivity index (χ4v) is 2.05. The number of hydrazine groups is 1. The Bertz CT molecular complexity index is 571. The van der Waals surface area contributed by atoms with Crippen molar-refractivity contribution in [2.75, 3.05) is 5.73 Å². The lowest BCUT2D eigenvalue weighted by atomic mass is 9.98. The van der Waals surface area contributed by atoms with Crippen LogP contribution >= 0.6 is 0 Å². The molecule has 19 heavy (non-hydrogen) atoms. The summed E-state index contributed by atoms with van der Waals surface area (Å²) in [6.07, 6.45) is 2.18. The molecule has 100 valence electrons. The van der Waals surface area contributed by atoms with Crippen molar-refractivity contribution in [1.29, 1.82) is 0 Å². The Labute approximate surface area is 111 Å². The lowest BCUT2D eigenvalue weighted by molar-refractivity contribution is 0.510. The topological polar surface area (TPSA) is 77.0 Å². The normalized spacial score (nSPS) is 12.4. The van der Waals surface area contributed by atoms with Crippen molar-refractivity contribution in [3.8, 4) is 0 Å². The summed E-state index contributed by atoms with van der Waals surface area (Å²) < 4.78 is 13.9. The van der Waals surface area contributed by atoms with E-state index in [1.54, 1.807) is 24.4 Å². The number of hydrogen-bond donors (Lipinski definition) is 3. The Hall–Kier alpha value is -1.98. The molecule has 1 aromatic heterocycles. The Morgan fingerprint density at radius 3 is 2.79 bits per heavy atom. The summed E-state index contributed by atoms with van der Waals surface area (Å²) >= 11 is 0. The van der Waals surface area contributed by atoms with Crippen LogP contribution in [0.5, 0.6) is 0 Å². The molecule has 0 spiro atoms. The van der Waals surface area contributed by atoms with E-state index in [9.17, 15) is 4.39 Å². The van der Waals surface area contributed by atoms with E-state index in [1.807, 2.05) is 13.0 Å². The predicted octanol–water partition coefficient (Wildman–Crippen LogP) is 1.86. The van der Waals surface area contributed by atoms with Gasteiger partial charge in [-0.2, -0.15) is 0 Å². The number of pyridine rings is 1. The quantitative estimate of drug-likeness (QED) is 0.579. The van der Waals surface area contributed by atoms with Gasteiger partial charge in [-0.05, 0) is 37.1 Å². The van der Waals surface area contributed by atoms with Crippen molar-refractivity contribution in [2.45, 2.75) is 19.4 Å². The molecule has 1 unspecified atom stereocenters. The average Bonchev–Trinajstić information content (AvgIpc) is 2.39. The molecule has 0 fully saturated rings. The SMILES string of the molecule is Cc1ccc(F)c(C(Cc2ccnc(N)c2)NN)c1. The first-order valence-electron chi connectivity index (χ1n) is 6.02. The zero-order valence-electron chi connectivity index (χ0n) is 10.7. The van der Waals surface area contributed by atoms with E-state index in [2.05, 4.69) is 10.4 Å². The van der Waals surface area contributed by atoms with Crippen molar-refractivity contribution in [3.05, 3.63) is 59.0 Å². The fraction of sp³-hybridized carbons (Fsp3) is 0.214. The number of rotatable bonds is 4. The predicted molar refractivity (Wildman–Crippen MR) is 73.6 cm³/mol. The molecule has 5 heteroatoms. The molecular weight excluding hydrogens is 243 g/mol. The van der Waals surface area contributed by atoms with Gasteiger partial charge < -0.3 is 5.73 Å². The highest BCUT2D eigenvalue weighted by Gasteiger charge is 2.15. The Balaban J connectivity index is 2.27. The third kappa shape index (κ3) is 3.27. The Morgan fingerprint density at radius 2 is 2.11 bits per heavy atom. The second-order valence-corrected chi connectivity index (χ2v) is 4.54. The lowest BCUT2D eigenvalue weighted by Gasteiger charge is -2.18. The van der Waals surface area contributed by atoms with Crippen LogP contribution in [0.3, 0.4) is 0 Å². The number of aromatic nitrogens is 1. The van der Waals surface area contributed by atoms with Crippen molar-refractivity contribution >= 4 is 5.82 Å². The molecular formula is C14H17FN4. The van der Waals surface area contributed by atoms with Gasteiger partial charge in [-0.1, -0.05) is 17.7 Å². The van der Waals surface area contributed by atoms with E-state index in [1.165, 1.54) is 6.07 Å². The van der Waals surface area contributed by atoms with Gasteiger partial charge in [0.05, 0.1) is 6.04 Å². The minimum Gasteiger partial charge on any atom is -0.384 e. The molecule has 0 saturated carbocycles. The number of nitrogens with two attached hydrogens (primary N) is 2. The van der Waals surface area contributed by atoms with Gasteiger partial charge in [0.1, 0.15) is 11.6 Å². The smallest absolute Gasteiger partial charge is 0.128 e. The van der Waals surface area contributed by atoms with Gasteiger partial charge in [0.15, 0.2) is 0 Å². The molecule has 5 N–H and O–H groups in total. The van der Waals surface area contributed by atoms with Gasteiger partial charge in [-0.15, -0.1) is 0 Å². The van der Waals surface area contributed by atoms with Gasteiger partial charge >= 0.3 is 0 Å². The molecule has 0 amide bonds. The third-order valence-electron chi connectivity index (χ3n) is 3.01. The van der Waals surface area contributed by atoms with E-state index >= 15 is 0 Å². The van der Waals surface area contributed by atoms with Crippen LogP contribution in [0.25, 0.3) is 0 Å². The average molecular weight is 260 g/mol. The van der Waals surface area contributed by atoms with Gasteiger partial charge in [-0.3, -0.25) is 11.3 Å². The molecule has 1 heterocycles. The highest BCUT2D eigenvalue weighted by atomic mass is 19.1. The lowest BCUT2D eigenvalue weighted by Crippen LogP contribution is -2.30. The van der Waals surface area contributed by atoms with Crippen molar-refractivity contribution in [3.63, 3.8) is 0 Å². The van der Waals surface area contributed by atoms with Gasteiger partial charge in [-0.25, -0.2) is 9.37 Å². The second-order valence-electron chi connectivity index (χ2n) is 4.54. The molecule has 0 aliphatic rings. The van der Waals surface area contributed by atoms with E-state index in [4.69, 9.17) is 11.6 Å². The second kappa shape index (κ2) is 5.77. The summed E-state index contributed by atoms with van der Waals surface area (Å²) in [5.74, 6) is 5.72. The highest BCUT2D eigenvalue weighted by molar-refractivity contribution is 5.34. The number of anilines is 1. The highest BCUT2D eigenvalue weighted by Crippen LogP contribution is 2.22. The molecule has 0 radical (unpaired) electrons. The molecule has 1 atom stereocenters. The van der Waals surface area contributed by atoms with Crippen LogP contribution in [0.4, 0.5) is 10.2 Å². The van der Waals surface area contributed by atoms with Crippen molar-refractivity contribution in [1.82, 2.24) is 10.4 Å². The van der Waals surface area contributed by atoms with Crippen LogP contribution in [0.15, 0.2) is 36.5 Å². The molecule has 2 aromatic rings. The number of nitrogens with zero attached hydrogens (tertiary/aromatic N) is 1. The number of aryl methyl sites for hydroxylation is 1. The largest absolute Gasteiger partial charge is 0.384 e. The van der Waals surface area contributed by atoms with E-state index in [0.717, 1.165) is 11.1 Å². The van der Waals surface area contributed by atoms with Crippen LogP contribution in [0.2, 0.25) is 0 Å². The minimum absolute atomic E-state index is 0.268. The zero-order valence-corrected chi connectivity index (χ0v) is 10.7. The molecule has 0 saturated heterocycles. The van der Waals surface area contributed by atoms with E-state index < -0.39 is 0 Å². The van der Waals surface area contributed by atoms with Crippen molar-refractivity contribution in [2.24, 2.45) is 5.84 Å². The maximum atomic E-state index is 13.9. The fourth-order valence-electron chi connectivity index (χ4n) is 2.05. The van der Waals surface area contributed by atoms with Crippen LogP contribution < -0.4 is 17.0 Å². The summed E-state index contributed by atoms with van der Waals surface area (Å²) in [5, 5.41) is 0. The van der Waals surface area contributed by atoms with Crippen LogP contribution in [0, 0.1) is 12.7 Å². The molecule has 0 bridgehead atoms. The van der Waals surface area contributed by atoms with Crippen LogP contribution in [0.1, 0.15) is 22.7 Å². The van der Waals surface area contributed by atoms with Crippen molar-refractivity contribution < 1.29 is 4.39 Å². The summed E-state index contributed by atoms with van der Waals surface area (Å²) in [6.45, 7) is 1.92. The first-order valence-corrected chi connectivity index (χ1v) is 6.02. The Kier molecular flexibility index (Phi) is 4.09. The first-order chi connectivity index (χ1) is 9.10. The van der Waals surface area contributed by atoms with Gasteiger partial charge in [0.2, 0.25) is 0 Å². The maximum Gasteiger partial charge on any atom is 0.128 e. The molecule has 2 rings (SSSR count). The maximum absolute atomic E-state index is 13.9. The summed E-state index contributed by atoms with van der Waals surface area (Å²) in [6, 6.07) is 8.28.